The number of nitrogens with two attached hydrogens (primary N) is 1. The van der Waals surface area contributed by atoms with Crippen LogP contribution in [0.2, 0.25) is 0 Å². The van der Waals surface area contributed by atoms with E-state index in [4.69, 9.17) is 5.73 Å². The standard InChI is InChI=1S/C22H21F2N7O/c23-17-2-1-3-18(20(17)24)31-22(27-28-29-31)16-11-15(12-26-21(16)25)14-6-8-30(9-7-14)19(32)10-13-4-5-13/h1-3,6,11-13H,4-5,7-10H2,(H2,25,26). The molecule has 0 saturated heterocycles. The number of pyridine rings is 1. The molecular weight excluding hydrogens is 416 g/mol. The molecule has 1 aliphatic carbocycles. The molecule has 8 nitrogen and oxygen atoms in total. The summed E-state index contributed by atoms with van der Waals surface area (Å²) < 4.78 is 29.2. The molecule has 1 saturated carbocycles. The Balaban J connectivity index is 1.44. The second-order valence-corrected chi connectivity index (χ2v) is 8.11. The summed E-state index contributed by atoms with van der Waals surface area (Å²) in [6, 6.07) is 5.56. The van der Waals surface area contributed by atoms with Gasteiger partial charge in [0.2, 0.25) is 5.91 Å². The maximum absolute atomic E-state index is 14.3. The van der Waals surface area contributed by atoms with Gasteiger partial charge in [0.15, 0.2) is 17.5 Å². The number of tetrazole rings is 1. The number of hydrogen-bond donors (Lipinski definition) is 1. The van der Waals surface area contributed by atoms with E-state index in [-0.39, 0.29) is 23.2 Å². The highest BCUT2D eigenvalue weighted by Gasteiger charge is 2.28. The van der Waals surface area contributed by atoms with Crippen LogP contribution in [0.4, 0.5) is 14.6 Å². The lowest BCUT2D eigenvalue weighted by Crippen LogP contribution is -2.34. The lowest BCUT2D eigenvalue weighted by atomic mass is 9.99. The first-order valence-corrected chi connectivity index (χ1v) is 10.5. The van der Waals surface area contributed by atoms with Crippen molar-refractivity contribution in [3.8, 4) is 17.1 Å². The second-order valence-electron chi connectivity index (χ2n) is 8.11. The van der Waals surface area contributed by atoms with Crippen LogP contribution in [0.1, 0.15) is 31.2 Å². The molecule has 10 heteroatoms. The minimum Gasteiger partial charge on any atom is -0.383 e. The first-order valence-electron chi connectivity index (χ1n) is 10.5. The minimum atomic E-state index is -1.06. The van der Waals surface area contributed by atoms with Gasteiger partial charge in [-0.1, -0.05) is 12.1 Å². The fourth-order valence-electron chi connectivity index (χ4n) is 3.86. The number of carbonyl (C=O) groups excluding carboxylic acids is 1. The van der Waals surface area contributed by atoms with E-state index in [1.807, 2.05) is 11.0 Å². The van der Waals surface area contributed by atoms with Crippen LogP contribution in [0, 0.1) is 17.6 Å². The number of anilines is 1. The van der Waals surface area contributed by atoms with Gasteiger partial charge in [0, 0.05) is 25.7 Å². The highest BCUT2D eigenvalue weighted by atomic mass is 19.2. The maximum atomic E-state index is 14.3. The Hall–Kier alpha value is -3.69. The van der Waals surface area contributed by atoms with Crippen molar-refractivity contribution in [2.75, 3.05) is 18.8 Å². The Morgan fingerprint density at radius 1 is 1.25 bits per heavy atom. The van der Waals surface area contributed by atoms with Crippen LogP contribution in [0.5, 0.6) is 0 Å². The molecule has 2 aliphatic rings. The Morgan fingerprint density at radius 3 is 2.84 bits per heavy atom. The zero-order valence-corrected chi connectivity index (χ0v) is 17.2. The largest absolute Gasteiger partial charge is 0.383 e. The Kier molecular flexibility index (Phi) is 5.12. The van der Waals surface area contributed by atoms with Gasteiger partial charge >= 0.3 is 0 Å². The number of rotatable bonds is 5. The Bertz CT molecular complexity index is 1220. The predicted octanol–water partition coefficient (Wildman–Crippen LogP) is 3.00. The lowest BCUT2D eigenvalue weighted by Gasteiger charge is -2.27. The number of halogens is 2. The normalized spacial score (nSPS) is 16.2. The summed E-state index contributed by atoms with van der Waals surface area (Å²) >= 11 is 0. The average molecular weight is 437 g/mol. The molecule has 1 aliphatic heterocycles. The van der Waals surface area contributed by atoms with Gasteiger partial charge in [-0.05, 0) is 64.9 Å². The zero-order valence-electron chi connectivity index (χ0n) is 17.2. The van der Waals surface area contributed by atoms with E-state index >= 15 is 0 Å². The molecule has 0 atom stereocenters. The second kappa shape index (κ2) is 8.10. The van der Waals surface area contributed by atoms with Crippen LogP contribution in [-0.2, 0) is 4.79 Å². The van der Waals surface area contributed by atoms with Gasteiger partial charge in [0.1, 0.15) is 11.5 Å². The minimum absolute atomic E-state index is 0.128. The van der Waals surface area contributed by atoms with E-state index in [2.05, 4.69) is 20.5 Å². The van der Waals surface area contributed by atoms with Crippen LogP contribution in [0.25, 0.3) is 22.6 Å². The number of benzene rings is 1. The first kappa shape index (κ1) is 20.2. The molecule has 0 bridgehead atoms. The Morgan fingerprint density at radius 2 is 2.09 bits per heavy atom. The quantitative estimate of drug-likeness (QED) is 0.658. The van der Waals surface area contributed by atoms with Crippen LogP contribution >= 0.6 is 0 Å². The summed E-state index contributed by atoms with van der Waals surface area (Å²) in [5, 5.41) is 11.4. The van der Waals surface area contributed by atoms with Crippen LogP contribution in [0.15, 0.2) is 36.5 Å². The number of hydrogen-bond acceptors (Lipinski definition) is 6. The molecule has 0 spiro atoms. The summed E-state index contributed by atoms with van der Waals surface area (Å²) in [7, 11) is 0. The fourth-order valence-corrected chi connectivity index (χ4v) is 3.86. The molecule has 2 N–H and O–H groups in total. The number of carbonyl (C=O) groups is 1. The van der Waals surface area contributed by atoms with Crippen LogP contribution in [0.3, 0.4) is 0 Å². The number of nitrogen functional groups attached to an aromatic ring is 1. The molecule has 3 aromatic rings. The third-order valence-electron chi connectivity index (χ3n) is 5.88. The van der Waals surface area contributed by atoms with Gasteiger partial charge in [0.25, 0.3) is 0 Å². The summed E-state index contributed by atoms with van der Waals surface area (Å²) in [4.78, 5) is 18.5. The molecule has 1 amide bonds. The highest BCUT2D eigenvalue weighted by Crippen LogP contribution is 2.34. The van der Waals surface area contributed by atoms with Gasteiger partial charge in [-0.3, -0.25) is 4.79 Å². The van der Waals surface area contributed by atoms with Crippen molar-refractivity contribution in [3.05, 3.63) is 53.7 Å². The van der Waals surface area contributed by atoms with Crippen molar-refractivity contribution >= 4 is 17.3 Å². The molecular formula is C22H21F2N7O. The predicted molar refractivity (Wildman–Crippen MR) is 113 cm³/mol. The summed E-state index contributed by atoms with van der Waals surface area (Å²) in [6.07, 6.45) is 7.30. The third kappa shape index (κ3) is 3.83. The third-order valence-corrected chi connectivity index (χ3v) is 5.88. The van der Waals surface area contributed by atoms with Crippen molar-refractivity contribution in [2.45, 2.75) is 25.7 Å². The Labute approximate surface area is 182 Å². The van der Waals surface area contributed by atoms with Gasteiger partial charge in [-0.2, -0.15) is 4.68 Å². The molecule has 0 radical (unpaired) electrons. The van der Waals surface area contributed by atoms with E-state index in [9.17, 15) is 13.6 Å². The molecule has 2 aromatic heterocycles. The van der Waals surface area contributed by atoms with Crippen molar-refractivity contribution in [1.29, 1.82) is 0 Å². The highest BCUT2D eigenvalue weighted by molar-refractivity contribution is 5.80. The molecule has 3 heterocycles. The molecule has 5 rings (SSSR count). The molecule has 1 aromatic carbocycles. The SMILES string of the molecule is Nc1ncc(C2=CCN(C(=O)CC3CC3)CC2)cc1-c1nnnn1-c1cccc(F)c1F. The van der Waals surface area contributed by atoms with Gasteiger partial charge in [-0.25, -0.2) is 13.8 Å². The molecule has 164 valence electrons. The van der Waals surface area contributed by atoms with Crippen LogP contribution < -0.4 is 5.73 Å². The smallest absolute Gasteiger partial charge is 0.223 e. The number of nitrogens with zero attached hydrogens (tertiary/aromatic N) is 6. The van der Waals surface area contributed by atoms with E-state index in [1.54, 1.807) is 12.3 Å². The van der Waals surface area contributed by atoms with Crippen molar-refractivity contribution in [2.24, 2.45) is 5.92 Å². The molecule has 1 fully saturated rings. The van der Waals surface area contributed by atoms with Crippen LogP contribution in [-0.4, -0.2) is 49.1 Å². The van der Waals surface area contributed by atoms with E-state index < -0.39 is 11.6 Å². The summed E-state index contributed by atoms with van der Waals surface area (Å²) in [5.74, 6) is -0.981. The van der Waals surface area contributed by atoms with E-state index in [1.165, 1.54) is 12.1 Å². The monoisotopic (exact) mass is 437 g/mol. The number of aromatic nitrogens is 5. The van der Waals surface area contributed by atoms with Gasteiger partial charge in [-0.15, -0.1) is 5.10 Å². The first-order chi connectivity index (χ1) is 15.5. The van der Waals surface area contributed by atoms with E-state index in [0.29, 0.717) is 37.4 Å². The molecule has 0 unspecified atom stereocenters. The van der Waals surface area contributed by atoms with Crippen molar-refractivity contribution in [3.63, 3.8) is 0 Å². The lowest BCUT2D eigenvalue weighted by molar-refractivity contribution is -0.131. The maximum Gasteiger partial charge on any atom is 0.223 e. The van der Waals surface area contributed by atoms with Crippen molar-refractivity contribution in [1.82, 2.24) is 30.1 Å². The average Bonchev–Trinajstić information content (AvgIpc) is 3.49. The summed E-state index contributed by atoms with van der Waals surface area (Å²) in [5.41, 5.74) is 8.21. The van der Waals surface area contributed by atoms with Gasteiger partial charge in [0.05, 0.1) is 5.56 Å². The zero-order chi connectivity index (χ0) is 22.2. The van der Waals surface area contributed by atoms with E-state index in [0.717, 1.165) is 34.7 Å². The topological polar surface area (TPSA) is 103 Å². The fraction of sp³-hybridized carbons (Fsp3) is 0.318. The summed E-state index contributed by atoms with van der Waals surface area (Å²) in [6.45, 7) is 1.19. The number of amides is 1. The van der Waals surface area contributed by atoms with Gasteiger partial charge < -0.3 is 10.6 Å². The molecule has 32 heavy (non-hydrogen) atoms. The van der Waals surface area contributed by atoms with Crippen molar-refractivity contribution < 1.29 is 13.6 Å².